The van der Waals surface area contributed by atoms with Gasteiger partial charge in [-0.1, -0.05) is 18.2 Å². The van der Waals surface area contributed by atoms with Crippen molar-refractivity contribution < 1.29 is 9.59 Å². The molecule has 0 spiro atoms. The number of carbonyl (C=O) groups excluding carboxylic acids is 2. The van der Waals surface area contributed by atoms with Crippen molar-refractivity contribution >= 4 is 11.8 Å². The van der Waals surface area contributed by atoms with Gasteiger partial charge in [-0.3, -0.25) is 9.59 Å². The number of nitrogens with zero attached hydrogens (tertiary/aromatic N) is 3. The van der Waals surface area contributed by atoms with Crippen LogP contribution in [0.3, 0.4) is 0 Å². The van der Waals surface area contributed by atoms with E-state index in [4.69, 9.17) is 11.0 Å². The minimum Gasteiger partial charge on any atom is -0.334 e. The molecule has 3 rings (SSSR count). The lowest BCUT2D eigenvalue weighted by Gasteiger charge is -2.24. The molecule has 0 bridgehead atoms. The van der Waals surface area contributed by atoms with Gasteiger partial charge in [-0.2, -0.15) is 5.26 Å². The number of hydrogen-bond acceptors (Lipinski definition) is 4. The van der Waals surface area contributed by atoms with Gasteiger partial charge in [-0.25, -0.2) is 0 Å². The van der Waals surface area contributed by atoms with Gasteiger partial charge in [-0.15, -0.1) is 0 Å². The summed E-state index contributed by atoms with van der Waals surface area (Å²) in [4.78, 5) is 28.0. The van der Waals surface area contributed by atoms with Gasteiger partial charge in [-0.05, 0) is 37.3 Å². The Bertz CT molecular complexity index is 682. The molecule has 1 aromatic rings. The van der Waals surface area contributed by atoms with Crippen molar-refractivity contribution in [2.75, 3.05) is 13.1 Å². The molecular formula is C18H22N4O2. The highest BCUT2D eigenvalue weighted by Crippen LogP contribution is 2.23. The first-order valence-electron chi connectivity index (χ1n) is 8.44. The SMILES string of the molecule is N#C[C@@H]1CCCN1C(=O)[C@@H](N)CCCN1Cc2ccccc2C1=O. The lowest BCUT2D eigenvalue weighted by molar-refractivity contribution is -0.132. The molecule has 1 aromatic carbocycles. The van der Waals surface area contributed by atoms with Gasteiger partial charge in [0.1, 0.15) is 6.04 Å². The van der Waals surface area contributed by atoms with Crippen LogP contribution in [0.25, 0.3) is 0 Å². The summed E-state index contributed by atoms with van der Waals surface area (Å²) in [6.45, 7) is 1.83. The third-order valence-electron chi connectivity index (χ3n) is 4.84. The normalized spacial score (nSPS) is 20.8. The first-order chi connectivity index (χ1) is 11.6. The van der Waals surface area contributed by atoms with Crippen LogP contribution in [0.5, 0.6) is 0 Å². The van der Waals surface area contributed by atoms with E-state index in [-0.39, 0.29) is 17.9 Å². The fraction of sp³-hybridized carbons (Fsp3) is 0.500. The van der Waals surface area contributed by atoms with Crippen LogP contribution in [0.4, 0.5) is 0 Å². The van der Waals surface area contributed by atoms with Crippen molar-refractivity contribution in [3.63, 3.8) is 0 Å². The summed E-state index contributed by atoms with van der Waals surface area (Å²) in [6, 6.07) is 8.86. The van der Waals surface area contributed by atoms with Gasteiger partial charge in [0.15, 0.2) is 0 Å². The zero-order valence-electron chi connectivity index (χ0n) is 13.6. The average molecular weight is 326 g/mol. The second-order valence-electron chi connectivity index (χ2n) is 6.45. The topological polar surface area (TPSA) is 90.4 Å². The molecule has 0 aromatic heterocycles. The van der Waals surface area contributed by atoms with Crippen molar-refractivity contribution in [2.45, 2.75) is 44.3 Å². The van der Waals surface area contributed by atoms with Crippen molar-refractivity contribution in [3.05, 3.63) is 35.4 Å². The van der Waals surface area contributed by atoms with Gasteiger partial charge >= 0.3 is 0 Å². The summed E-state index contributed by atoms with van der Waals surface area (Å²) >= 11 is 0. The predicted molar refractivity (Wildman–Crippen MR) is 88.7 cm³/mol. The van der Waals surface area contributed by atoms with E-state index in [1.54, 1.807) is 9.80 Å². The standard InChI is InChI=1S/C18H22N4O2/c19-11-14-6-3-10-22(14)18(24)16(20)8-4-9-21-12-13-5-1-2-7-15(13)17(21)23/h1-2,5,7,14,16H,3-4,6,8-10,12,20H2/t14-,16-/m0/s1. The van der Waals surface area contributed by atoms with E-state index < -0.39 is 6.04 Å². The van der Waals surface area contributed by atoms with E-state index in [0.29, 0.717) is 32.5 Å². The molecule has 1 fully saturated rings. The Labute approximate surface area is 141 Å². The molecule has 126 valence electrons. The number of nitriles is 1. The highest BCUT2D eigenvalue weighted by atomic mass is 16.2. The zero-order chi connectivity index (χ0) is 17.1. The third-order valence-corrected chi connectivity index (χ3v) is 4.84. The Morgan fingerprint density at radius 3 is 2.96 bits per heavy atom. The third kappa shape index (κ3) is 3.13. The minimum atomic E-state index is -0.598. The molecule has 0 aliphatic carbocycles. The molecule has 2 atom stereocenters. The van der Waals surface area contributed by atoms with Gasteiger partial charge in [0.2, 0.25) is 5.91 Å². The van der Waals surface area contributed by atoms with Crippen LogP contribution in [0.15, 0.2) is 24.3 Å². The zero-order valence-corrected chi connectivity index (χ0v) is 13.6. The number of benzene rings is 1. The van der Waals surface area contributed by atoms with E-state index in [1.807, 2.05) is 24.3 Å². The van der Waals surface area contributed by atoms with Gasteiger partial charge in [0.25, 0.3) is 5.91 Å². The number of likely N-dealkylation sites (tertiary alicyclic amines) is 1. The maximum Gasteiger partial charge on any atom is 0.254 e. The van der Waals surface area contributed by atoms with E-state index in [9.17, 15) is 9.59 Å². The smallest absolute Gasteiger partial charge is 0.254 e. The lowest BCUT2D eigenvalue weighted by Crippen LogP contribution is -2.45. The summed E-state index contributed by atoms with van der Waals surface area (Å²) in [5.41, 5.74) is 7.84. The second-order valence-corrected chi connectivity index (χ2v) is 6.45. The fourth-order valence-electron chi connectivity index (χ4n) is 3.50. The molecule has 6 nitrogen and oxygen atoms in total. The maximum absolute atomic E-state index is 12.4. The Balaban J connectivity index is 1.48. The summed E-state index contributed by atoms with van der Waals surface area (Å²) < 4.78 is 0. The van der Waals surface area contributed by atoms with Gasteiger partial charge in [0, 0.05) is 25.2 Å². The van der Waals surface area contributed by atoms with Crippen LogP contribution in [0.1, 0.15) is 41.6 Å². The average Bonchev–Trinajstić information content (AvgIpc) is 3.19. The second kappa shape index (κ2) is 7.02. The molecule has 2 heterocycles. The van der Waals surface area contributed by atoms with E-state index in [2.05, 4.69) is 6.07 Å². The molecule has 2 aliphatic rings. The van der Waals surface area contributed by atoms with E-state index in [1.165, 1.54) is 0 Å². The summed E-state index contributed by atoms with van der Waals surface area (Å²) in [5, 5.41) is 9.07. The molecule has 0 saturated carbocycles. The highest BCUT2D eigenvalue weighted by Gasteiger charge is 2.32. The monoisotopic (exact) mass is 326 g/mol. The summed E-state index contributed by atoms with van der Waals surface area (Å²) in [5.74, 6) is -0.0929. The molecule has 2 amide bonds. The molecule has 2 N–H and O–H groups in total. The molecule has 24 heavy (non-hydrogen) atoms. The van der Waals surface area contributed by atoms with Crippen molar-refractivity contribution in [1.29, 1.82) is 5.26 Å². The first kappa shape index (κ1) is 16.5. The largest absolute Gasteiger partial charge is 0.334 e. The molecule has 0 radical (unpaired) electrons. The number of rotatable bonds is 5. The number of hydrogen-bond donors (Lipinski definition) is 1. The molecule has 0 unspecified atom stereocenters. The predicted octanol–water partition coefficient (Wildman–Crippen LogP) is 1.26. The maximum atomic E-state index is 12.4. The fourth-order valence-corrected chi connectivity index (χ4v) is 3.50. The Hall–Kier alpha value is -2.39. The van der Waals surface area contributed by atoms with E-state index in [0.717, 1.165) is 24.0 Å². The molecular weight excluding hydrogens is 304 g/mol. The van der Waals surface area contributed by atoms with Gasteiger partial charge in [0.05, 0.1) is 12.1 Å². The quantitative estimate of drug-likeness (QED) is 0.882. The van der Waals surface area contributed by atoms with Crippen molar-refractivity contribution in [1.82, 2.24) is 9.80 Å². The highest BCUT2D eigenvalue weighted by molar-refractivity contribution is 5.98. The number of carbonyl (C=O) groups is 2. The van der Waals surface area contributed by atoms with Crippen LogP contribution < -0.4 is 5.73 Å². The Morgan fingerprint density at radius 2 is 2.21 bits per heavy atom. The van der Waals surface area contributed by atoms with Crippen LogP contribution in [-0.2, 0) is 11.3 Å². The number of fused-ring (bicyclic) bond motifs is 1. The van der Waals surface area contributed by atoms with Crippen LogP contribution in [-0.4, -0.2) is 46.8 Å². The van der Waals surface area contributed by atoms with Gasteiger partial charge < -0.3 is 15.5 Å². The molecule has 1 saturated heterocycles. The van der Waals surface area contributed by atoms with Crippen molar-refractivity contribution in [3.8, 4) is 6.07 Å². The van der Waals surface area contributed by atoms with Crippen LogP contribution in [0, 0.1) is 11.3 Å². The lowest BCUT2D eigenvalue weighted by atomic mass is 10.1. The Morgan fingerprint density at radius 1 is 1.42 bits per heavy atom. The van der Waals surface area contributed by atoms with Crippen LogP contribution in [0.2, 0.25) is 0 Å². The number of nitrogens with two attached hydrogens (primary N) is 1. The van der Waals surface area contributed by atoms with Crippen LogP contribution >= 0.6 is 0 Å². The summed E-state index contributed by atoms with van der Waals surface area (Å²) in [7, 11) is 0. The van der Waals surface area contributed by atoms with Crippen molar-refractivity contribution in [2.24, 2.45) is 5.73 Å². The molecule has 2 aliphatic heterocycles. The first-order valence-corrected chi connectivity index (χ1v) is 8.44. The minimum absolute atomic E-state index is 0.0505. The number of amides is 2. The molecule has 6 heteroatoms. The summed E-state index contributed by atoms with van der Waals surface area (Å²) in [6.07, 6.45) is 2.79. The Kier molecular flexibility index (Phi) is 4.81. The van der Waals surface area contributed by atoms with E-state index >= 15 is 0 Å².